The van der Waals surface area contributed by atoms with Crippen LogP contribution >= 0.6 is 23.2 Å². The lowest BCUT2D eigenvalue weighted by atomic mass is 10.0. The van der Waals surface area contributed by atoms with Gasteiger partial charge in [0.25, 0.3) is 0 Å². The summed E-state index contributed by atoms with van der Waals surface area (Å²) >= 11 is 12.3. The largest absolute Gasteiger partial charge is 0.481 e. The van der Waals surface area contributed by atoms with Crippen LogP contribution in [-0.2, 0) is 14.3 Å². The number of carbonyl (C=O) groups is 2. The van der Waals surface area contributed by atoms with E-state index in [2.05, 4.69) is 0 Å². The maximum absolute atomic E-state index is 13.1. The summed E-state index contributed by atoms with van der Waals surface area (Å²) < 4.78 is 5.37. The first kappa shape index (κ1) is 20.0. The van der Waals surface area contributed by atoms with Crippen LogP contribution in [0.2, 0.25) is 10.0 Å². The van der Waals surface area contributed by atoms with Gasteiger partial charge >= 0.3 is 5.97 Å². The van der Waals surface area contributed by atoms with Gasteiger partial charge in [0.05, 0.1) is 19.1 Å². The lowest BCUT2D eigenvalue weighted by molar-refractivity contribution is -0.144. The fourth-order valence-electron chi connectivity index (χ4n) is 2.83. The molecule has 2 unspecified atom stereocenters. The number of aliphatic carboxylic acids is 1. The van der Waals surface area contributed by atoms with Crippen molar-refractivity contribution in [2.45, 2.75) is 13.0 Å². The van der Waals surface area contributed by atoms with Crippen molar-refractivity contribution in [2.24, 2.45) is 5.92 Å². The van der Waals surface area contributed by atoms with Crippen LogP contribution in [0.25, 0.3) is 0 Å². The molecule has 1 saturated heterocycles. The van der Waals surface area contributed by atoms with E-state index in [9.17, 15) is 9.59 Å². The molecule has 0 bridgehead atoms. The monoisotopic (exact) mass is 388 g/mol. The molecular formula is C17H22Cl2N2O4. The summed E-state index contributed by atoms with van der Waals surface area (Å²) in [5, 5.41) is 10.0. The highest BCUT2D eigenvalue weighted by Crippen LogP contribution is 2.32. The molecule has 1 aliphatic heterocycles. The minimum atomic E-state index is -0.938. The minimum absolute atomic E-state index is 0.125. The fourth-order valence-corrected chi connectivity index (χ4v) is 3.34. The van der Waals surface area contributed by atoms with Gasteiger partial charge in [0, 0.05) is 36.7 Å². The molecule has 8 heteroatoms. The van der Waals surface area contributed by atoms with Gasteiger partial charge < -0.3 is 14.7 Å². The average Bonchev–Trinajstić information content (AvgIpc) is 2.57. The van der Waals surface area contributed by atoms with E-state index in [-0.39, 0.29) is 12.5 Å². The number of carboxylic acid groups (broad SMARTS) is 1. The summed E-state index contributed by atoms with van der Waals surface area (Å²) in [6.45, 7) is 3.95. The number of benzene rings is 1. The molecule has 0 radical (unpaired) electrons. The lowest BCUT2D eigenvalue weighted by Gasteiger charge is -2.36. The van der Waals surface area contributed by atoms with Gasteiger partial charge in [0.2, 0.25) is 5.91 Å². The Morgan fingerprint density at radius 1 is 1.32 bits per heavy atom. The van der Waals surface area contributed by atoms with Crippen molar-refractivity contribution in [1.82, 2.24) is 9.80 Å². The number of hydrogen-bond acceptors (Lipinski definition) is 4. The van der Waals surface area contributed by atoms with Gasteiger partial charge in [-0.25, -0.2) is 0 Å². The number of amides is 1. The van der Waals surface area contributed by atoms with Crippen LogP contribution in [0, 0.1) is 5.92 Å². The third-order valence-electron chi connectivity index (χ3n) is 4.25. The first-order chi connectivity index (χ1) is 11.8. The van der Waals surface area contributed by atoms with Crippen molar-refractivity contribution in [3.63, 3.8) is 0 Å². The standard InChI is InChI=1S/C17H22Cl2N2O4/c1-11(17(23)24)10-20(2)16(22)15(21-5-7-25-8-6-21)13-4-3-12(18)9-14(13)19/h3-4,9,11,15H,5-8,10H2,1-2H3,(H,23,24). The van der Waals surface area contributed by atoms with Gasteiger partial charge in [-0.1, -0.05) is 36.2 Å². The van der Waals surface area contributed by atoms with Gasteiger partial charge in [-0.3, -0.25) is 14.5 Å². The topological polar surface area (TPSA) is 70.1 Å². The molecule has 1 fully saturated rings. The highest BCUT2D eigenvalue weighted by molar-refractivity contribution is 6.35. The summed E-state index contributed by atoms with van der Waals surface area (Å²) in [7, 11) is 1.61. The van der Waals surface area contributed by atoms with Crippen LogP contribution in [0.15, 0.2) is 18.2 Å². The highest BCUT2D eigenvalue weighted by Gasteiger charge is 2.33. The van der Waals surface area contributed by atoms with Crippen LogP contribution in [0.1, 0.15) is 18.5 Å². The number of rotatable bonds is 6. The molecule has 1 N–H and O–H groups in total. The van der Waals surface area contributed by atoms with E-state index in [4.69, 9.17) is 33.0 Å². The third-order valence-corrected chi connectivity index (χ3v) is 4.81. The maximum atomic E-state index is 13.1. The Hall–Kier alpha value is -1.34. The smallest absolute Gasteiger partial charge is 0.308 e. The summed E-state index contributed by atoms with van der Waals surface area (Å²) in [5.74, 6) is -1.79. The Morgan fingerprint density at radius 2 is 1.96 bits per heavy atom. The zero-order chi connectivity index (χ0) is 18.6. The van der Waals surface area contributed by atoms with Gasteiger partial charge in [0.15, 0.2) is 0 Å². The fraction of sp³-hybridized carbons (Fsp3) is 0.529. The Morgan fingerprint density at radius 3 is 2.52 bits per heavy atom. The molecule has 1 aromatic rings. The number of morpholine rings is 1. The first-order valence-electron chi connectivity index (χ1n) is 8.05. The van der Waals surface area contributed by atoms with E-state index >= 15 is 0 Å². The number of carbonyl (C=O) groups excluding carboxylic acids is 1. The molecule has 0 spiro atoms. The van der Waals surface area contributed by atoms with Crippen LogP contribution in [-0.4, -0.2) is 66.7 Å². The quantitative estimate of drug-likeness (QED) is 0.810. The van der Waals surface area contributed by atoms with Crippen LogP contribution in [0.5, 0.6) is 0 Å². The molecule has 1 aliphatic rings. The Bertz CT molecular complexity index is 635. The molecule has 1 aromatic carbocycles. The Labute approximate surface area is 157 Å². The molecule has 2 rings (SSSR count). The SMILES string of the molecule is CC(CN(C)C(=O)C(c1ccc(Cl)cc1Cl)N1CCOCC1)C(=O)O. The van der Waals surface area contributed by atoms with Crippen molar-refractivity contribution >= 4 is 35.1 Å². The first-order valence-corrected chi connectivity index (χ1v) is 8.81. The maximum Gasteiger partial charge on any atom is 0.308 e. The molecule has 0 aromatic heterocycles. The van der Waals surface area contributed by atoms with E-state index in [1.165, 1.54) is 4.90 Å². The van der Waals surface area contributed by atoms with Gasteiger partial charge in [-0.2, -0.15) is 0 Å². The molecule has 0 aliphatic carbocycles. The molecule has 1 amide bonds. The summed E-state index contributed by atoms with van der Waals surface area (Å²) in [6, 6.07) is 4.46. The van der Waals surface area contributed by atoms with Gasteiger partial charge in [-0.15, -0.1) is 0 Å². The van der Waals surface area contributed by atoms with Crippen LogP contribution in [0.4, 0.5) is 0 Å². The number of nitrogens with zero attached hydrogens (tertiary/aromatic N) is 2. The summed E-state index contributed by atoms with van der Waals surface area (Å²) in [4.78, 5) is 27.6. The van der Waals surface area contributed by atoms with E-state index in [1.807, 2.05) is 4.90 Å². The van der Waals surface area contributed by atoms with Crippen LogP contribution < -0.4 is 0 Å². The highest BCUT2D eigenvalue weighted by atomic mass is 35.5. The minimum Gasteiger partial charge on any atom is -0.481 e. The zero-order valence-electron chi connectivity index (χ0n) is 14.2. The van der Waals surface area contributed by atoms with E-state index in [1.54, 1.807) is 32.2 Å². The molecular weight excluding hydrogens is 367 g/mol. The summed E-state index contributed by atoms with van der Waals surface area (Å²) in [6.07, 6.45) is 0. The van der Waals surface area contributed by atoms with Crippen molar-refractivity contribution in [3.8, 4) is 0 Å². The van der Waals surface area contributed by atoms with Gasteiger partial charge in [0.1, 0.15) is 6.04 Å². The molecule has 0 saturated carbocycles. The van der Waals surface area contributed by atoms with Crippen molar-refractivity contribution in [2.75, 3.05) is 39.9 Å². The molecule has 6 nitrogen and oxygen atoms in total. The van der Waals surface area contributed by atoms with Crippen LogP contribution in [0.3, 0.4) is 0 Å². The molecule has 1 heterocycles. The number of likely N-dealkylation sites (N-methyl/N-ethyl adjacent to an activating group) is 1. The molecule has 25 heavy (non-hydrogen) atoms. The second-order valence-electron chi connectivity index (χ2n) is 6.17. The number of hydrogen-bond donors (Lipinski definition) is 1. The summed E-state index contributed by atoms with van der Waals surface area (Å²) in [5.41, 5.74) is 0.660. The van der Waals surface area contributed by atoms with Crippen molar-refractivity contribution < 1.29 is 19.4 Å². The average molecular weight is 389 g/mol. The molecule has 2 atom stereocenters. The zero-order valence-corrected chi connectivity index (χ0v) is 15.8. The number of ether oxygens (including phenoxy) is 1. The van der Waals surface area contributed by atoms with E-state index in [0.29, 0.717) is 41.9 Å². The third kappa shape index (κ3) is 5.07. The molecule has 138 valence electrons. The lowest BCUT2D eigenvalue weighted by Crippen LogP contribution is -2.47. The normalized spacial score (nSPS) is 17.8. The van der Waals surface area contributed by atoms with E-state index < -0.39 is 17.9 Å². The number of halogens is 2. The Kier molecular flexibility index (Phi) is 7.07. The van der Waals surface area contributed by atoms with Gasteiger partial charge in [-0.05, 0) is 17.7 Å². The van der Waals surface area contributed by atoms with Crippen molar-refractivity contribution in [1.29, 1.82) is 0 Å². The number of carboxylic acids is 1. The van der Waals surface area contributed by atoms with E-state index in [0.717, 1.165) is 0 Å². The predicted octanol–water partition coefficient (Wildman–Crippen LogP) is 2.55. The second kappa shape index (κ2) is 8.85. The van der Waals surface area contributed by atoms with Crippen molar-refractivity contribution in [3.05, 3.63) is 33.8 Å². The Balaban J connectivity index is 2.30. The predicted molar refractivity (Wildman–Crippen MR) is 96.0 cm³/mol. The second-order valence-corrected chi connectivity index (χ2v) is 7.02.